The Hall–Kier alpha value is -3.61. The molecule has 2 heterocycles. The van der Waals surface area contributed by atoms with Crippen molar-refractivity contribution in [3.05, 3.63) is 70.5 Å². The van der Waals surface area contributed by atoms with E-state index in [4.69, 9.17) is 10.1 Å². The summed E-state index contributed by atoms with van der Waals surface area (Å²) in [4.78, 5) is 21.1. The fourth-order valence-corrected chi connectivity index (χ4v) is 3.20. The summed E-state index contributed by atoms with van der Waals surface area (Å²) >= 11 is 0. The molecule has 0 unspecified atom stereocenters. The van der Waals surface area contributed by atoms with E-state index in [-0.39, 0.29) is 35.1 Å². The second-order valence-corrected chi connectivity index (χ2v) is 6.09. The molecule has 0 radical (unpaired) electrons. The molecule has 27 heavy (non-hydrogen) atoms. The number of amidine groups is 1. The summed E-state index contributed by atoms with van der Waals surface area (Å²) < 4.78 is 5.64. The average molecular weight is 362 g/mol. The molecule has 0 aliphatic carbocycles. The maximum atomic E-state index is 12.4. The van der Waals surface area contributed by atoms with E-state index in [9.17, 15) is 9.90 Å². The Balaban J connectivity index is 1.77. The highest BCUT2D eigenvalue weighted by atomic mass is 16.5. The van der Waals surface area contributed by atoms with E-state index in [1.54, 1.807) is 29.2 Å². The Morgan fingerprint density at radius 1 is 1.22 bits per heavy atom. The second-order valence-electron chi connectivity index (χ2n) is 6.09. The predicted molar refractivity (Wildman–Crippen MR) is 105 cm³/mol. The fourth-order valence-electron chi connectivity index (χ4n) is 3.20. The van der Waals surface area contributed by atoms with Gasteiger partial charge in [0.2, 0.25) is 0 Å². The van der Waals surface area contributed by atoms with E-state index in [1.807, 2.05) is 31.2 Å². The normalized spacial score (nSPS) is 14.3. The summed E-state index contributed by atoms with van der Waals surface area (Å²) in [5, 5.41) is 19.6. The number of aromatic nitrogens is 2. The number of para-hydroxylation sites is 3. The maximum Gasteiger partial charge on any atom is 0.259 e. The highest BCUT2D eigenvalue weighted by Crippen LogP contribution is 2.35. The largest absolute Gasteiger partial charge is 0.509 e. The number of aliphatic hydroxyl groups excluding tert-OH is 1. The molecule has 1 aromatic heterocycles. The highest BCUT2D eigenvalue weighted by molar-refractivity contribution is 6.30. The number of rotatable bonds is 4. The molecular weight excluding hydrogens is 344 g/mol. The van der Waals surface area contributed by atoms with E-state index in [2.05, 4.69) is 9.97 Å². The number of nitrogens with one attached hydrogen (secondary N) is 2. The van der Waals surface area contributed by atoms with Crippen LogP contribution in [0.2, 0.25) is 0 Å². The predicted octanol–water partition coefficient (Wildman–Crippen LogP) is 3.09. The van der Waals surface area contributed by atoms with Crippen molar-refractivity contribution in [1.82, 2.24) is 9.97 Å². The monoisotopic (exact) mass is 362 g/mol. The molecular formula is C20H18N4O3. The SMILES string of the molecule is CCOc1ccccc1N1CC(O)=C(c2nc3ccccc3c(=O)[nH]2)C1=N. The van der Waals surface area contributed by atoms with E-state index in [0.717, 1.165) is 0 Å². The van der Waals surface area contributed by atoms with Gasteiger partial charge in [-0.15, -0.1) is 0 Å². The van der Waals surface area contributed by atoms with Gasteiger partial charge in [0.25, 0.3) is 5.56 Å². The molecule has 0 bridgehead atoms. The van der Waals surface area contributed by atoms with E-state index in [0.29, 0.717) is 28.9 Å². The molecule has 2 aromatic carbocycles. The third kappa shape index (κ3) is 2.83. The molecule has 3 N–H and O–H groups in total. The molecule has 0 saturated carbocycles. The molecule has 0 saturated heterocycles. The van der Waals surface area contributed by atoms with Crippen molar-refractivity contribution in [2.75, 3.05) is 18.1 Å². The topological polar surface area (TPSA) is 102 Å². The Labute approximate surface area is 155 Å². The molecule has 136 valence electrons. The summed E-state index contributed by atoms with van der Waals surface area (Å²) in [7, 11) is 0. The van der Waals surface area contributed by atoms with E-state index >= 15 is 0 Å². The van der Waals surface area contributed by atoms with E-state index in [1.165, 1.54) is 0 Å². The van der Waals surface area contributed by atoms with Crippen molar-refractivity contribution in [3.63, 3.8) is 0 Å². The van der Waals surface area contributed by atoms with Crippen molar-refractivity contribution in [2.24, 2.45) is 0 Å². The molecule has 0 amide bonds. The number of hydrogen-bond acceptors (Lipinski definition) is 5. The first-order valence-corrected chi connectivity index (χ1v) is 8.60. The Kier molecular flexibility index (Phi) is 4.12. The van der Waals surface area contributed by atoms with Gasteiger partial charge in [-0.25, -0.2) is 4.98 Å². The van der Waals surface area contributed by atoms with E-state index < -0.39 is 0 Å². The summed E-state index contributed by atoms with van der Waals surface area (Å²) in [6.45, 7) is 2.48. The van der Waals surface area contributed by atoms with Crippen molar-refractivity contribution >= 4 is 28.0 Å². The van der Waals surface area contributed by atoms with Crippen LogP contribution in [0.5, 0.6) is 5.75 Å². The molecule has 3 aromatic rings. The minimum absolute atomic E-state index is 0.0234. The van der Waals surface area contributed by atoms with Gasteiger partial charge in [-0.1, -0.05) is 24.3 Å². The quantitative estimate of drug-likeness (QED) is 0.662. The Bertz CT molecular complexity index is 1130. The van der Waals surface area contributed by atoms with Crippen LogP contribution in [0.15, 0.2) is 59.1 Å². The van der Waals surface area contributed by atoms with Crippen molar-refractivity contribution in [1.29, 1.82) is 5.41 Å². The van der Waals surface area contributed by atoms with Gasteiger partial charge in [0.15, 0.2) is 0 Å². The van der Waals surface area contributed by atoms with Crippen LogP contribution in [-0.2, 0) is 0 Å². The van der Waals surface area contributed by atoms with Crippen LogP contribution in [0.1, 0.15) is 12.7 Å². The number of H-pyrrole nitrogens is 1. The molecule has 0 fully saturated rings. The van der Waals surface area contributed by atoms with Crippen LogP contribution in [0.25, 0.3) is 16.5 Å². The molecule has 7 nitrogen and oxygen atoms in total. The van der Waals surface area contributed by atoms with Crippen LogP contribution >= 0.6 is 0 Å². The Morgan fingerprint density at radius 3 is 2.78 bits per heavy atom. The van der Waals surface area contributed by atoms with Crippen molar-refractivity contribution < 1.29 is 9.84 Å². The standard InChI is InChI=1S/C20H18N4O3/c1-2-27-16-10-6-5-9-14(16)24-11-15(25)17(18(24)21)19-22-13-8-4-3-7-12(13)20(26)23-19/h3-10,21,25H,2,11H2,1H3,(H,22,23,26). The van der Waals surface area contributed by atoms with Gasteiger partial charge in [0, 0.05) is 0 Å². The maximum absolute atomic E-state index is 12.4. The number of aliphatic hydroxyl groups is 1. The highest BCUT2D eigenvalue weighted by Gasteiger charge is 2.32. The number of fused-ring (bicyclic) bond motifs is 1. The van der Waals surface area contributed by atoms with Gasteiger partial charge in [-0.2, -0.15) is 0 Å². The Morgan fingerprint density at radius 2 is 1.96 bits per heavy atom. The lowest BCUT2D eigenvalue weighted by Gasteiger charge is -2.21. The van der Waals surface area contributed by atoms with Gasteiger partial charge < -0.3 is 19.7 Å². The number of ether oxygens (including phenoxy) is 1. The lowest BCUT2D eigenvalue weighted by Crippen LogP contribution is -2.27. The number of aromatic amines is 1. The molecule has 7 heteroatoms. The van der Waals surface area contributed by atoms with Crippen LogP contribution in [0.4, 0.5) is 5.69 Å². The molecule has 0 atom stereocenters. The zero-order chi connectivity index (χ0) is 19.0. The number of benzene rings is 2. The second kappa shape index (κ2) is 6.60. The number of anilines is 1. The van der Waals surface area contributed by atoms with Crippen molar-refractivity contribution in [2.45, 2.75) is 6.92 Å². The number of nitrogens with zero attached hydrogens (tertiary/aromatic N) is 2. The summed E-state index contributed by atoms with van der Waals surface area (Å²) in [6.07, 6.45) is 0. The first-order valence-electron chi connectivity index (χ1n) is 8.60. The summed E-state index contributed by atoms with van der Waals surface area (Å²) in [5.74, 6) is 0.833. The zero-order valence-corrected chi connectivity index (χ0v) is 14.7. The molecule has 4 rings (SSSR count). The smallest absolute Gasteiger partial charge is 0.259 e. The first-order chi connectivity index (χ1) is 13.1. The lowest BCUT2D eigenvalue weighted by molar-refractivity contribution is 0.341. The molecule has 1 aliphatic rings. The third-order valence-electron chi connectivity index (χ3n) is 4.41. The van der Waals surface area contributed by atoms with Crippen LogP contribution < -0.4 is 15.2 Å². The lowest BCUT2D eigenvalue weighted by atomic mass is 10.2. The van der Waals surface area contributed by atoms with Crippen LogP contribution in [0, 0.1) is 5.41 Å². The average Bonchev–Trinajstić information content (AvgIpc) is 2.96. The van der Waals surface area contributed by atoms with Crippen LogP contribution in [-0.4, -0.2) is 34.1 Å². The molecule has 1 aliphatic heterocycles. The fraction of sp³-hybridized carbons (Fsp3) is 0.150. The minimum Gasteiger partial charge on any atom is -0.509 e. The molecule has 0 spiro atoms. The van der Waals surface area contributed by atoms with Crippen molar-refractivity contribution in [3.8, 4) is 5.75 Å². The van der Waals surface area contributed by atoms with Gasteiger partial charge in [0.05, 0.1) is 35.3 Å². The van der Waals surface area contributed by atoms with Gasteiger partial charge in [-0.05, 0) is 31.2 Å². The minimum atomic E-state index is -0.308. The van der Waals surface area contributed by atoms with Gasteiger partial charge in [0.1, 0.15) is 23.2 Å². The summed E-state index contributed by atoms with van der Waals surface area (Å²) in [5.41, 5.74) is 1.09. The summed E-state index contributed by atoms with van der Waals surface area (Å²) in [6, 6.07) is 14.3. The van der Waals surface area contributed by atoms with Crippen LogP contribution in [0.3, 0.4) is 0 Å². The number of hydrogen-bond donors (Lipinski definition) is 3. The van der Waals surface area contributed by atoms with Gasteiger partial charge >= 0.3 is 0 Å². The zero-order valence-electron chi connectivity index (χ0n) is 14.7. The van der Waals surface area contributed by atoms with Gasteiger partial charge in [-0.3, -0.25) is 10.2 Å². The first kappa shape index (κ1) is 16.8. The third-order valence-corrected chi connectivity index (χ3v) is 4.41.